The lowest BCUT2D eigenvalue weighted by Crippen LogP contribution is -2.17. The number of hydrazone groups is 1. The third kappa shape index (κ3) is 2.95. The molecule has 5 heteroatoms. The molecule has 102 valence electrons. The van der Waals surface area contributed by atoms with Crippen molar-refractivity contribution < 1.29 is 15.0 Å². The minimum atomic E-state index is -0.522. The summed E-state index contributed by atoms with van der Waals surface area (Å²) in [5.74, 6) is -0.516. The van der Waals surface area contributed by atoms with Crippen LogP contribution < -0.4 is 5.43 Å². The second-order valence-electron chi connectivity index (χ2n) is 4.23. The van der Waals surface area contributed by atoms with Gasteiger partial charge in [-0.2, -0.15) is 5.10 Å². The third-order valence-electron chi connectivity index (χ3n) is 2.79. The zero-order valence-corrected chi connectivity index (χ0v) is 10.9. The van der Waals surface area contributed by atoms with E-state index in [4.69, 9.17) is 0 Å². The summed E-state index contributed by atoms with van der Waals surface area (Å²) in [7, 11) is 0. The SMILES string of the molecule is Cc1cccc(C=NNC(=O)c2ccccc2O)c1O. The van der Waals surface area contributed by atoms with Gasteiger partial charge in [0, 0.05) is 5.56 Å². The minimum absolute atomic E-state index is 0.112. The molecule has 2 aromatic carbocycles. The van der Waals surface area contributed by atoms with Crippen LogP contribution in [0, 0.1) is 6.92 Å². The van der Waals surface area contributed by atoms with Crippen molar-refractivity contribution in [3.63, 3.8) is 0 Å². The largest absolute Gasteiger partial charge is 0.507 e. The monoisotopic (exact) mass is 270 g/mol. The van der Waals surface area contributed by atoms with E-state index in [-0.39, 0.29) is 17.1 Å². The van der Waals surface area contributed by atoms with Crippen LogP contribution in [-0.4, -0.2) is 22.3 Å². The van der Waals surface area contributed by atoms with Crippen molar-refractivity contribution in [1.29, 1.82) is 0 Å². The number of amides is 1. The molecule has 0 saturated carbocycles. The standard InChI is InChI=1S/C15H14N2O3/c1-10-5-4-6-11(14(10)19)9-16-17-15(20)12-7-2-3-8-13(12)18/h2-9,18-19H,1H3,(H,17,20). The molecular weight excluding hydrogens is 256 g/mol. The fourth-order valence-corrected chi connectivity index (χ4v) is 1.67. The number of benzene rings is 2. The molecule has 0 aromatic heterocycles. The summed E-state index contributed by atoms with van der Waals surface area (Å²) in [6, 6.07) is 11.4. The predicted molar refractivity (Wildman–Crippen MR) is 76.0 cm³/mol. The molecule has 0 fully saturated rings. The highest BCUT2D eigenvalue weighted by Gasteiger charge is 2.08. The van der Waals surface area contributed by atoms with Gasteiger partial charge in [0.15, 0.2) is 0 Å². The van der Waals surface area contributed by atoms with E-state index >= 15 is 0 Å². The number of para-hydroxylation sites is 2. The van der Waals surface area contributed by atoms with Crippen molar-refractivity contribution in [1.82, 2.24) is 5.43 Å². The van der Waals surface area contributed by atoms with Gasteiger partial charge in [-0.3, -0.25) is 4.79 Å². The van der Waals surface area contributed by atoms with Gasteiger partial charge in [0.25, 0.3) is 5.91 Å². The highest BCUT2D eigenvalue weighted by atomic mass is 16.3. The van der Waals surface area contributed by atoms with Gasteiger partial charge >= 0.3 is 0 Å². The number of aromatic hydroxyl groups is 2. The molecule has 3 N–H and O–H groups in total. The van der Waals surface area contributed by atoms with Crippen LogP contribution in [0.3, 0.4) is 0 Å². The fourth-order valence-electron chi connectivity index (χ4n) is 1.67. The summed E-state index contributed by atoms with van der Waals surface area (Å²) in [6.45, 7) is 1.77. The van der Waals surface area contributed by atoms with Crippen LogP contribution >= 0.6 is 0 Å². The van der Waals surface area contributed by atoms with Crippen molar-refractivity contribution in [3.8, 4) is 11.5 Å². The van der Waals surface area contributed by atoms with E-state index in [9.17, 15) is 15.0 Å². The zero-order chi connectivity index (χ0) is 14.5. The maximum atomic E-state index is 11.8. The molecule has 0 unspecified atom stereocenters. The first-order valence-corrected chi connectivity index (χ1v) is 5.99. The Bertz CT molecular complexity index is 666. The van der Waals surface area contributed by atoms with Crippen LogP contribution in [0.5, 0.6) is 11.5 Å². The number of carbonyl (C=O) groups is 1. The highest BCUT2D eigenvalue weighted by Crippen LogP contribution is 2.19. The Labute approximate surface area is 116 Å². The van der Waals surface area contributed by atoms with Crippen molar-refractivity contribution in [2.24, 2.45) is 5.10 Å². The average Bonchev–Trinajstić information content (AvgIpc) is 2.44. The van der Waals surface area contributed by atoms with Crippen LogP contribution in [0.4, 0.5) is 0 Å². The van der Waals surface area contributed by atoms with Crippen molar-refractivity contribution in [2.75, 3.05) is 0 Å². The number of nitrogens with one attached hydrogen (secondary N) is 1. The second kappa shape index (κ2) is 5.88. The van der Waals surface area contributed by atoms with Gasteiger partial charge in [0.1, 0.15) is 11.5 Å². The smallest absolute Gasteiger partial charge is 0.275 e. The van der Waals surface area contributed by atoms with E-state index in [1.54, 1.807) is 37.3 Å². The lowest BCUT2D eigenvalue weighted by Gasteiger charge is -2.03. The molecule has 0 aliphatic rings. The quantitative estimate of drug-likeness (QED) is 0.590. The second-order valence-corrected chi connectivity index (χ2v) is 4.23. The highest BCUT2D eigenvalue weighted by molar-refractivity contribution is 5.97. The van der Waals surface area contributed by atoms with Gasteiger partial charge in [-0.05, 0) is 30.7 Å². The van der Waals surface area contributed by atoms with E-state index in [0.717, 1.165) is 5.56 Å². The Balaban J connectivity index is 2.09. The molecule has 0 aliphatic heterocycles. The first-order valence-electron chi connectivity index (χ1n) is 5.99. The number of carbonyl (C=O) groups excluding carboxylic acids is 1. The molecule has 0 aliphatic carbocycles. The van der Waals surface area contributed by atoms with Gasteiger partial charge in [0.05, 0.1) is 11.8 Å². The zero-order valence-electron chi connectivity index (χ0n) is 10.9. The van der Waals surface area contributed by atoms with Gasteiger partial charge < -0.3 is 10.2 Å². The lowest BCUT2D eigenvalue weighted by atomic mass is 10.1. The van der Waals surface area contributed by atoms with Crippen molar-refractivity contribution in [3.05, 3.63) is 59.2 Å². The molecule has 2 aromatic rings. The molecule has 5 nitrogen and oxygen atoms in total. The molecule has 0 heterocycles. The summed E-state index contributed by atoms with van der Waals surface area (Å²) in [4.78, 5) is 11.8. The summed E-state index contributed by atoms with van der Waals surface area (Å²) in [5.41, 5.74) is 3.66. The van der Waals surface area contributed by atoms with Crippen LogP contribution in [0.1, 0.15) is 21.5 Å². The van der Waals surface area contributed by atoms with E-state index in [1.807, 2.05) is 0 Å². The van der Waals surface area contributed by atoms with E-state index < -0.39 is 5.91 Å². The molecule has 0 radical (unpaired) electrons. The molecule has 0 spiro atoms. The van der Waals surface area contributed by atoms with Crippen LogP contribution in [0.15, 0.2) is 47.6 Å². The van der Waals surface area contributed by atoms with Gasteiger partial charge in [-0.1, -0.05) is 24.3 Å². The molecule has 0 bridgehead atoms. The Morgan fingerprint density at radius 1 is 1.15 bits per heavy atom. The van der Waals surface area contributed by atoms with Crippen molar-refractivity contribution in [2.45, 2.75) is 6.92 Å². The summed E-state index contributed by atoms with van der Waals surface area (Å²) < 4.78 is 0. The number of rotatable bonds is 3. The maximum Gasteiger partial charge on any atom is 0.275 e. The fraction of sp³-hybridized carbons (Fsp3) is 0.0667. The first kappa shape index (κ1) is 13.6. The molecule has 2 rings (SSSR count). The molecule has 20 heavy (non-hydrogen) atoms. The number of phenols is 2. The topological polar surface area (TPSA) is 81.9 Å². The van der Waals surface area contributed by atoms with Gasteiger partial charge in [-0.25, -0.2) is 5.43 Å². The van der Waals surface area contributed by atoms with E-state index in [1.165, 1.54) is 18.3 Å². The minimum Gasteiger partial charge on any atom is -0.507 e. The predicted octanol–water partition coefficient (Wildman–Crippen LogP) is 2.17. The van der Waals surface area contributed by atoms with Crippen LogP contribution in [0.25, 0.3) is 0 Å². The summed E-state index contributed by atoms with van der Waals surface area (Å²) in [5, 5.41) is 23.1. The number of nitrogens with zero attached hydrogens (tertiary/aromatic N) is 1. The first-order chi connectivity index (χ1) is 9.59. The van der Waals surface area contributed by atoms with Crippen molar-refractivity contribution >= 4 is 12.1 Å². The maximum absolute atomic E-state index is 11.8. The van der Waals surface area contributed by atoms with Crippen LogP contribution in [0.2, 0.25) is 0 Å². The normalized spacial score (nSPS) is 10.7. The Morgan fingerprint density at radius 2 is 1.90 bits per heavy atom. The molecule has 0 saturated heterocycles. The Hall–Kier alpha value is -2.82. The average molecular weight is 270 g/mol. The Morgan fingerprint density at radius 3 is 2.65 bits per heavy atom. The number of hydrogen-bond donors (Lipinski definition) is 3. The number of aryl methyl sites for hydroxylation is 1. The van der Waals surface area contributed by atoms with E-state index in [2.05, 4.69) is 10.5 Å². The third-order valence-corrected chi connectivity index (χ3v) is 2.79. The number of phenolic OH excluding ortho intramolecular Hbond substituents is 2. The van der Waals surface area contributed by atoms with Gasteiger partial charge in [0.2, 0.25) is 0 Å². The Kier molecular flexibility index (Phi) is 4.00. The molecule has 1 amide bonds. The summed E-state index contributed by atoms with van der Waals surface area (Å²) in [6.07, 6.45) is 1.35. The number of hydrogen-bond acceptors (Lipinski definition) is 4. The lowest BCUT2D eigenvalue weighted by molar-refractivity contribution is 0.0952. The van der Waals surface area contributed by atoms with Gasteiger partial charge in [-0.15, -0.1) is 0 Å². The summed E-state index contributed by atoms with van der Waals surface area (Å²) >= 11 is 0. The van der Waals surface area contributed by atoms with Crippen LogP contribution in [-0.2, 0) is 0 Å². The molecule has 0 atom stereocenters. The molecular formula is C15H14N2O3. The van der Waals surface area contributed by atoms with E-state index in [0.29, 0.717) is 5.56 Å².